The molecule has 4 heteroatoms. The molecule has 0 bridgehead atoms. The molecule has 0 aromatic carbocycles. The summed E-state index contributed by atoms with van der Waals surface area (Å²) in [4.78, 5) is 15.2. The second-order valence-corrected chi connectivity index (χ2v) is 12.8. The van der Waals surface area contributed by atoms with Crippen LogP contribution in [0.4, 0.5) is 0 Å². The lowest BCUT2D eigenvalue weighted by Crippen LogP contribution is -2.32. The third kappa shape index (κ3) is 26.3. The Labute approximate surface area is 251 Å². The van der Waals surface area contributed by atoms with Crippen molar-refractivity contribution in [2.75, 3.05) is 26.2 Å². The normalized spacial score (nSPS) is 11.9. The van der Waals surface area contributed by atoms with Gasteiger partial charge in [-0.2, -0.15) is 0 Å². The van der Waals surface area contributed by atoms with Crippen LogP contribution in [0.3, 0.4) is 0 Å². The molecule has 0 saturated carbocycles. The highest BCUT2D eigenvalue weighted by molar-refractivity contribution is 5.69. The van der Waals surface area contributed by atoms with Crippen molar-refractivity contribution < 1.29 is 14.6 Å². The van der Waals surface area contributed by atoms with E-state index in [0.717, 1.165) is 45.3 Å². The van der Waals surface area contributed by atoms with Crippen LogP contribution in [0, 0.1) is 0 Å². The molecule has 1 N–H and O–H groups in total. The Morgan fingerprint density at radius 2 is 0.925 bits per heavy atom. The van der Waals surface area contributed by atoms with E-state index in [2.05, 4.69) is 32.6 Å². The molecule has 240 valence electrons. The van der Waals surface area contributed by atoms with Gasteiger partial charge in [0.05, 0.1) is 6.61 Å². The van der Waals surface area contributed by atoms with E-state index in [-0.39, 0.29) is 18.2 Å². The lowest BCUT2D eigenvalue weighted by molar-refractivity contribution is -0.160. The van der Waals surface area contributed by atoms with Gasteiger partial charge in [-0.15, -0.1) is 0 Å². The van der Waals surface area contributed by atoms with E-state index in [4.69, 9.17) is 4.74 Å². The van der Waals surface area contributed by atoms with E-state index in [0.29, 0.717) is 6.42 Å². The minimum atomic E-state index is -0.279. The molecule has 0 fully saturated rings. The van der Waals surface area contributed by atoms with Crippen LogP contribution in [0.25, 0.3) is 0 Å². The van der Waals surface area contributed by atoms with E-state index < -0.39 is 0 Å². The van der Waals surface area contributed by atoms with Gasteiger partial charge in [-0.1, -0.05) is 136 Å². The van der Waals surface area contributed by atoms with Crippen molar-refractivity contribution in [3.8, 4) is 0 Å². The third-order valence-corrected chi connectivity index (χ3v) is 8.58. The molecule has 0 aliphatic rings. The number of hydrogen-bond donors (Lipinski definition) is 1. The van der Waals surface area contributed by atoms with Gasteiger partial charge in [0.25, 0.3) is 0 Å². The molecular formula is C36H73NO3. The van der Waals surface area contributed by atoms with Gasteiger partial charge >= 0.3 is 5.97 Å². The molecule has 0 aromatic rings. The first-order valence-electron chi connectivity index (χ1n) is 18.1. The molecule has 0 unspecified atom stereocenters. The first kappa shape index (κ1) is 39.4. The quantitative estimate of drug-likeness (QED) is 0.0648. The average molecular weight is 568 g/mol. The number of hydrogen-bond acceptors (Lipinski definition) is 4. The Morgan fingerprint density at radius 1 is 0.550 bits per heavy atom. The summed E-state index contributed by atoms with van der Waals surface area (Å²) >= 11 is 0. The Kier molecular flexibility index (Phi) is 29.4. The number of aliphatic hydroxyl groups excluding tert-OH is 1. The second-order valence-electron chi connectivity index (χ2n) is 12.8. The summed E-state index contributed by atoms with van der Waals surface area (Å²) in [6.45, 7) is 12.3. The standard InChI is InChI=1S/C36H73NO3/c1-5-8-11-14-19-24-29-36(4,30-25-20-15-12-9-6-2)40-35(39)28-23-18-17-22-27-32-37(33-34-38)31-26-21-16-13-10-7-3/h38H,5-34H2,1-4H3. The Hall–Kier alpha value is -0.610. The van der Waals surface area contributed by atoms with Crippen molar-refractivity contribution in [3.63, 3.8) is 0 Å². The lowest BCUT2D eigenvalue weighted by atomic mass is 9.91. The molecule has 0 aliphatic carbocycles. The van der Waals surface area contributed by atoms with Crippen LogP contribution < -0.4 is 0 Å². The number of rotatable bonds is 32. The van der Waals surface area contributed by atoms with Gasteiger partial charge in [0.1, 0.15) is 5.60 Å². The summed E-state index contributed by atoms with van der Waals surface area (Å²) in [5.41, 5.74) is -0.279. The lowest BCUT2D eigenvalue weighted by Gasteiger charge is -2.30. The zero-order valence-corrected chi connectivity index (χ0v) is 27.9. The van der Waals surface area contributed by atoms with Gasteiger partial charge in [-0.3, -0.25) is 4.79 Å². The maximum Gasteiger partial charge on any atom is 0.306 e. The van der Waals surface area contributed by atoms with E-state index in [9.17, 15) is 9.90 Å². The van der Waals surface area contributed by atoms with Crippen LogP contribution in [0.1, 0.15) is 195 Å². The highest BCUT2D eigenvalue weighted by Crippen LogP contribution is 2.28. The molecule has 0 spiro atoms. The number of nitrogens with zero attached hydrogens (tertiary/aromatic N) is 1. The minimum absolute atomic E-state index is 0.0209. The van der Waals surface area contributed by atoms with Gasteiger partial charge in [-0.25, -0.2) is 0 Å². The first-order chi connectivity index (χ1) is 19.5. The number of aliphatic hydroxyl groups is 1. The maximum atomic E-state index is 12.8. The Morgan fingerprint density at radius 3 is 1.35 bits per heavy atom. The molecule has 0 rings (SSSR count). The number of unbranched alkanes of at least 4 members (excludes halogenated alkanes) is 19. The predicted molar refractivity (Wildman–Crippen MR) is 175 cm³/mol. The summed E-state index contributed by atoms with van der Waals surface area (Å²) < 4.78 is 6.18. The van der Waals surface area contributed by atoms with E-state index in [1.165, 1.54) is 135 Å². The zero-order chi connectivity index (χ0) is 29.6. The van der Waals surface area contributed by atoms with Gasteiger partial charge in [0, 0.05) is 13.0 Å². The predicted octanol–water partition coefficient (Wildman–Crippen LogP) is 10.8. The maximum absolute atomic E-state index is 12.8. The molecular weight excluding hydrogens is 494 g/mol. The van der Waals surface area contributed by atoms with Crippen molar-refractivity contribution in [1.82, 2.24) is 4.90 Å². The van der Waals surface area contributed by atoms with Crippen molar-refractivity contribution >= 4 is 5.97 Å². The second kappa shape index (κ2) is 29.9. The number of ether oxygens (including phenoxy) is 1. The smallest absolute Gasteiger partial charge is 0.306 e. The number of carbonyl (C=O) groups is 1. The molecule has 0 aliphatic heterocycles. The van der Waals surface area contributed by atoms with E-state index in [1.54, 1.807) is 0 Å². The highest BCUT2D eigenvalue weighted by Gasteiger charge is 2.27. The van der Waals surface area contributed by atoms with Crippen molar-refractivity contribution in [2.45, 2.75) is 200 Å². The largest absolute Gasteiger partial charge is 0.459 e. The van der Waals surface area contributed by atoms with Crippen LogP contribution in [-0.2, 0) is 9.53 Å². The molecule has 40 heavy (non-hydrogen) atoms. The van der Waals surface area contributed by atoms with Crippen LogP contribution in [0.15, 0.2) is 0 Å². The minimum Gasteiger partial charge on any atom is -0.459 e. The van der Waals surface area contributed by atoms with Crippen molar-refractivity contribution in [3.05, 3.63) is 0 Å². The highest BCUT2D eigenvalue weighted by atomic mass is 16.6. The van der Waals surface area contributed by atoms with E-state index in [1.807, 2.05) is 0 Å². The summed E-state index contributed by atoms with van der Waals surface area (Å²) in [5, 5.41) is 9.41. The fourth-order valence-electron chi connectivity index (χ4n) is 5.84. The average Bonchev–Trinajstić information content (AvgIpc) is 2.93. The van der Waals surface area contributed by atoms with Crippen LogP contribution in [0.5, 0.6) is 0 Å². The van der Waals surface area contributed by atoms with Gasteiger partial charge in [-0.05, 0) is 65.0 Å². The molecule has 0 aromatic heterocycles. The Bertz CT molecular complexity index is 508. The fourth-order valence-corrected chi connectivity index (χ4v) is 5.84. The van der Waals surface area contributed by atoms with Crippen LogP contribution in [-0.4, -0.2) is 47.8 Å². The third-order valence-electron chi connectivity index (χ3n) is 8.58. The van der Waals surface area contributed by atoms with Crippen LogP contribution >= 0.6 is 0 Å². The molecule has 0 heterocycles. The molecule has 0 amide bonds. The topological polar surface area (TPSA) is 49.8 Å². The SMILES string of the molecule is CCCCCCCCN(CCO)CCCCCCCC(=O)OC(C)(CCCCCCCC)CCCCCCCC. The van der Waals surface area contributed by atoms with Crippen molar-refractivity contribution in [1.29, 1.82) is 0 Å². The summed E-state index contributed by atoms with van der Waals surface area (Å²) in [6, 6.07) is 0. The monoisotopic (exact) mass is 568 g/mol. The molecule has 0 atom stereocenters. The summed E-state index contributed by atoms with van der Waals surface area (Å²) in [5.74, 6) is 0.0209. The van der Waals surface area contributed by atoms with E-state index >= 15 is 0 Å². The molecule has 0 radical (unpaired) electrons. The zero-order valence-electron chi connectivity index (χ0n) is 27.9. The summed E-state index contributed by atoms with van der Waals surface area (Å²) in [6.07, 6.45) is 31.6. The van der Waals surface area contributed by atoms with Gasteiger partial charge in [0.15, 0.2) is 0 Å². The molecule has 4 nitrogen and oxygen atoms in total. The number of esters is 1. The Balaban J connectivity index is 4.20. The van der Waals surface area contributed by atoms with Crippen molar-refractivity contribution in [2.24, 2.45) is 0 Å². The van der Waals surface area contributed by atoms with Gasteiger partial charge in [0.2, 0.25) is 0 Å². The first-order valence-corrected chi connectivity index (χ1v) is 18.1. The van der Waals surface area contributed by atoms with Gasteiger partial charge < -0.3 is 14.7 Å². The molecule has 0 saturated heterocycles. The summed E-state index contributed by atoms with van der Waals surface area (Å²) in [7, 11) is 0. The van der Waals surface area contributed by atoms with Crippen LogP contribution in [0.2, 0.25) is 0 Å². The fraction of sp³-hybridized carbons (Fsp3) is 0.972. The number of carbonyl (C=O) groups excluding carboxylic acids is 1.